The monoisotopic (exact) mass is 334 g/mol. The summed E-state index contributed by atoms with van der Waals surface area (Å²) in [5, 5.41) is 0. The number of methoxy groups -OCH3 is 2. The Morgan fingerprint density at radius 2 is 1.96 bits per heavy atom. The van der Waals surface area contributed by atoms with E-state index in [0.717, 1.165) is 38.5 Å². The van der Waals surface area contributed by atoms with Gasteiger partial charge < -0.3 is 9.47 Å². The molecule has 0 heterocycles. The van der Waals surface area contributed by atoms with E-state index in [-0.39, 0.29) is 17.8 Å². The van der Waals surface area contributed by atoms with Crippen molar-refractivity contribution in [2.24, 2.45) is 11.8 Å². The largest absolute Gasteiger partial charge is 0.469 e. The number of esters is 1. The summed E-state index contributed by atoms with van der Waals surface area (Å²) in [6.45, 7) is 7.11. The molecule has 136 valence electrons. The molecule has 3 nitrogen and oxygen atoms in total. The Kier molecular flexibility index (Phi) is 9.70. The molecule has 3 heteroatoms. The number of hydrogen-bond acceptors (Lipinski definition) is 3. The minimum Gasteiger partial charge on any atom is -0.469 e. The van der Waals surface area contributed by atoms with Gasteiger partial charge in [0.1, 0.15) is 0 Å². The summed E-state index contributed by atoms with van der Waals surface area (Å²) < 4.78 is 10.2. The van der Waals surface area contributed by atoms with Crippen LogP contribution in [0.1, 0.15) is 59.3 Å². The number of carbonyl (C=O) groups is 1. The lowest BCUT2D eigenvalue weighted by molar-refractivity contribution is -0.148. The molecule has 0 N–H and O–H groups in total. The first kappa shape index (κ1) is 20.7. The molecule has 2 unspecified atom stereocenters. The molecule has 1 aliphatic rings. The van der Waals surface area contributed by atoms with Gasteiger partial charge in [-0.3, -0.25) is 4.79 Å². The van der Waals surface area contributed by atoms with Gasteiger partial charge in [-0.25, -0.2) is 0 Å². The maximum absolute atomic E-state index is 12.0. The lowest BCUT2D eigenvalue weighted by Gasteiger charge is -2.29. The molecule has 0 bridgehead atoms. The van der Waals surface area contributed by atoms with Crippen LogP contribution < -0.4 is 0 Å². The number of allylic oxidation sites excluding steroid dienone is 6. The first-order valence-corrected chi connectivity index (χ1v) is 9.01. The number of hydrogen-bond donors (Lipinski definition) is 0. The Bertz CT molecular complexity index is 481. The number of ether oxygens (including phenoxy) is 2. The molecule has 0 fully saturated rings. The molecule has 1 rings (SSSR count). The first-order valence-electron chi connectivity index (χ1n) is 9.01. The zero-order valence-corrected chi connectivity index (χ0v) is 16.1. The Morgan fingerprint density at radius 1 is 1.21 bits per heavy atom. The van der Waals surface area contributed by atoms with Gasteiger partial charge in [-0.15, -0.1) is 0 Å². The second-order valence-electron chi connectivity index (χ2n) is 7.06. The molecule has 1 aliphatic carbocycles. The van der Waals surface area contributed by atoms with Crippen LogP contribution in [0.15, 0.2) is 34.9 Å². The summed E-state index contributed by atoms with van der Waals surface area (Å²) in [6, 6.07) is 0. The van der Waals surface area contributed by atoms with Crippen molar-refractivity contribution in [2.75, 3.05) is 20.8 Å². The van der Waals surface area contributed by atoms with E-state index in [1.54, 1.807) is 7.11 Å². The minimum absolute atomic E-state index is 0.0577. The highest BCUT2D eigenvalue weighted by molar-refractivity contribution is 5.73. The van der Waals surface area contributed by atoms with Crippen molar-refractivity contribution in [3.63, 3.8) is 0 Å². The maximum Gasteiger partial charge on any atom is 0.309 e. The molecule has 24 heavy (non-hydrogen) atoms. The van der Waals surface area contributed by atoms with E-state index in [9.17, 15) is 4.79 Å². The third-order valence-corrected chi connectivity index (χ3v) is 4.69. The predicted molar refractivity (Wildman–Crippen MR) is 99.8 cm³/mol. The van der Waals surface area contributed by atoms with E-state index in [4.69, 9.17) is 9.47 Å². The molecule has 0 aliphatic heterocycles. The summed E-state index contributed by atoms with van der Waals surface area (Å²) in [5.41, 5.74) is 4.21. The standard InChI is InChI=1S/C21H34O3/c1-16(2)8-6-9-17(3)10-7-11-18-12-13-19(15-23-4)20(14-18)21(22)24-5/h8,10,12,19-20H,6-7,9,11,13-15H2,1-5H3. The third kappa shape index (κ3) is 7.48. The number of rotatable bonds is 9. The lowest BCUT2D eigenvalue weighted by atomic mass is 9.79. The van der Waals surface area contributed by atoms with E-state index in [1.165, 1.54) is 23.8 Å². The fraction of sp³-hybridized carbons (Fsp3) is 0.667. The van der Waals surface area contributed by atoms with Crippen molar-refractivity contribution < 1.29 is 14.3 Å². The molecular formula is C21H34O3. The van der Waals surface area contributed by atoms with Gasteiger partial charge in [0.2, 0.25) is 0 Å². The molecule has 0 spiro atoms. The summed E-state index contributed by atoms with van der Waals surface area (Å²) in [5.74, 6) is 0.0846. The first-order chi connectivity index (χ1) is 11.5. The highest BCUT2D eigenvalue weighted by atomic mass is 16.5. The van der Waals surface area contributed by atoms with Crippen LogP contribution in [-0.2, 0) is 14.3 Å². The zero-order chi connectivity index (χ0) is 17.9. The Hall–Kier alpha value is -1.35. The van der Waals surface area contributed by atoms with Crippen molar-refractivity contribution in [3.05, 3.63) is 34.9 Å². The highest BCUT2D eigenvalue weighted by Gasteiger charge is 2.32. The van der Waals surface area contributed by atoms with E-state index in [0.29, 0.717) is 6.61 Å². The van der Waals surface area contributed by atoms with Crippen molar-refractivity contribution >= 4 is 5.97 Å². The second-order valence-corrected chi connectivity index (χ2v) is 7.06. The van der Waals surface area contributed by atoms with Gasteiger partial charge in [-0.2, -0.15) is 0 Å². The van der Waals surface area contributed by atoms with Gasteiger partial charge >= 0.3 is 5.97 Å². The summed E-state index contributed by atoms with van der Waals surface area (Å²) >= 11 is 0. The number of carbonyl (C=O) groups excluding carboxylic acids is 1. The SMILES string of the molecule is COCC1CC=C(CCC=C(C)CCC=C(C)C)CC1C(=O)OC. The second kappa shape index (κ2) is 11.2. The molecule has 0 aromatic carbocycles. The maximum atomic E-state index is 12.0. The van der Waals surface area contributed by atoms with Gasteiger partial charge in [0, 0.05) is 7.11 Å². The minimum atomic E-state index is -0.101. The van der Waals surface area contributed by atoms with Crippen molar-refractivity contribution in [3.8, 4) is 0 Å². The predicted octanol–water partition coefficient (Wildman–Crippen LogP) is 5.23. The topological polar surface area (TPSA) is 35.5 Å². The van der Waals surface area contributed by atoms with E-state index in [1.807, 2.05) is 0 Å². The zero-order valence-electron chi connectivity index (χ0n) is 16.1. The van der Waals surface area contributed by atoms with Gasteiger partial charge in [0.25, 0.3) is 0 Å². The van der Waals surface area contributed by atoms with Gasteiger partial charge in [-0.1, -0.05) is 34.9 Å². The molecule has 0 amide bonds. The van der Waals surface area contributed by atoms with E-state index < -0.39 is 0 Å². The van der Waals surface area contributed by atoms with Crippen LogP contribution in [0, 0.1) is 11.8 Å². The van der Waals surface area contributed by atoms with Crippen LogP contribution in [0.2, 0.25) is 0 Å². The van der Waals surface area contributed by atoms with Crippen LogP contribution >= 0.6 is 0 Å². The lowest BCUT2D eigenvalue weighted by Crippen LogP contribution is -2.30. The van der Waals surface area contributed by atoms with Gasteiger partial charge in [0.05, 0.1) is 19.6 Å². The molecule has 0 saturated heterocycles. The molecule has 0 aromatic heterocycles. The summed E-state index contributed by atoms with van der Waals surface area (Å²) in [6.07, 6.45) is 13.0. The summed E-state index contributed by atoms with van der Waals surface area (Å²) in [7, 11) is 3.17. The smallest absolute Gasteiger partial charge is 0.309 e. The van der Waals surface area contributed by atoms with Crippen LogP contribution in [0.5, 0.6) is 0 Å². The van der Waals surface area contributed by atoms with Crippen LogP contribution in [0.25, 0.3) is 0 Å². The molecule has 2 atom stereocenters. The van der Waals surface area contributed by atoms with Crippen LogP contribution in [-0.4, -0.2) is 26.8 Å². The Morgan fingerprint density at radius 3 is 2.58 bits per heavy atom. The summed E-state index contributed by atoms with van der Waals surface area (Å²) in [4.78, 5) is 12.0. The molecule has 0 saturated carbocycles. The van der Waals surface area contributed by atoms with Crippen molar-refractivity contribution in [1.29, 1.82) is 0 Å². The van der Waals surface area contributed by atoms with Gasteiger partial charge in [-0.05, 0) is 65.2 Å². The Labute approximate surface area is 147 Å². The van der Waals surface area contributed by atoms with Crippen LogP contribution in [0.3, 0.4) is 0 Å². The average molecular weight is 335 g/mol. The van der Waals surface area contributed by atoms with Crippen molar-refractivity contribution in [1.82, 2.24) is 0 Å². The molecule has 0 radical (unpaired) electrons. The van der Waals surface area contributed by atoms with E-state index in [2.05, 4.69) is 39.0 Å². The fourth-order valence-electron chi connectivity index (χ4n) is 3.24. The third-order valence-electron chi connectivity index (χ3n) is 4.69. The van der Waals surface area contributed by atoms with Gasteiger partial charge in [0.15, 0.2) is 0 Å². The van der Waals surface area contributed by atoms with Crippen LogP contribution in [0.4, 0.5) is 0 Å². The highest BCUT2D eigenvalue weighted by Crippen LogP contribution is 2.33. The normalized spacial score (nSPS) is 21.2. The van der Waals surface area contributed by atoms with Crippen molar-refractivity contribution in [2.45, 2.75) is 59.3 Å². The van der Waals surface area contributed by atoms with E-state index >= 15 is 0 Å². The Balaban J connectivity index is 2.50. The molecule has 0 aromatic rings. The fourth-order valence-corrected chi connectivity index (χ4v) is 3.24. The quantitative estimate of drug-likeness (QED) is 0.428. The molecular weight excluding hydrogens is 300 g/mol. The average Bonchev–Trinajstić information content (AvgIpc) is 2.55.